The second-order valence-corrected chi connectivity index (χ2v) is 8.15. The fraction of sp³-hybridized carbons (Fsp3) is 0.280. The second-order valence-electron chi connectivity index (χ2n) is 8.15. The summed E-state index contributed by atoms with van der Waals surface area (Å²) < 4.78 is 0. The largest absolute Gasteiger partial charge is 0.508 e. The number of phenolic OH excluding ortho intramolecular Hbond substituents is 1. The van der Waals surface area contributed by atoms with Crippen LogP contribution in [0.15, 0.2) is 54.9 Å². The third-order valence-corrected chi connectivity index (χ3v) is 5.94. The van der Waals surface area contributed by atoms with E-state index in [4.69, 9.17) is 5.73 Å². The number of phenols is 1. The van der Waals surface area contributed by atoms with Gasteiger partial charge in [0, 0.05) is 25.0 Å². The predicted octanol–water partition coefficient (Wildman–Crippen LogP) is 2.62. The molecule has 0 saturated carbocycles. The molecule has 3 N–H and O–H groups in total. The number of amides is 1. The van der Waals surface area contributed by atoms with Crippen molar-refractivity contribution in [1.82, 2.24) is 19.8 Å². The summed E-state index contributed by atoms with van der Waals surface area (Å²) >= 11 is 0. The number of aromatic nitrogens is 2. The van der Waals surface area contributed by atoms with Gasteiger partial charge in [0.1, 0.15) is 17.9 Å². The van der Waals surface area contributed by atoms with E-state index < -0.39 is 0 Å². The Morgan fingerprint density at radius 3 is 2.70 bits per heavy atom. The number of ketones is 1. The summed E-state index contributed by atoms with van der Waals surface area (Å²) in [5.41, 5.74) is 8.45. The zero-order valence-corrected chi connectivity index (χ0v) is 18.5. The standard InChI is InChI=1S/C25H27N5O3/c1-2-22(23(32)10-6-17-3-7-19(31)8-4-17)29-11-12-30(24(33)15-29)14-18-5-9-20-21(13-18)27-16-28-25(20)26/h3-10,13,16,22,31H,2,11-12,14-15H2,1H3,(H2,26,27,28)/b10-6+/t22-/m0/s1. The summed E-state index contributed by atoms with van der Waals surface area (Å²) in [5.74, 6) is 0.587. The van der Waals surface area contributed by atoms with Gasteiger partial charge in [0.05, 0.1) is 18.1 Å². The highest BCUT2D eigenvalue weighted by molar-refractivity contribution is 5.98. The second kappa shape index (κ2) is 9.79. The summed E-state index contributed by atoms with van der Waals surface area (Å²) in [4.78, 5) is 37.7. The van der Waals surface area contributed by atoms with E-state index in [1.54, 1.807) is 36.4 Å². The lowest BCUT2D eigenvalue weighted by Gasteiger charge is -2.37. The number of nitrogens with zero attached hydrogens (tertiary/aromatic N) is 4. The minimum Gasteiger partial charge on any atom is -0.508 e. The van der Waals surface area contributed by atoms with Gasteiger partial charge in [-0.25, -0.2) is 9.97 Å². The van der Waals surface area contributed by atoms with Crippen LogP contribution in [-0.4, -0.2) is 62.2 Å². The van der Waals surface area contributed by atoms with Crippen LogP contribution in [0.2, 0.25) is 0 Å². The molecule has 8 nitrogen and oxygen atoms in total. The van der Waals surface area contributed by atoms with Crippen LogP contribution in [0.25, 0.3) is 17.0 Å². The molecule has 0 unspecified atom stereocenters. The topological polar surface area (TPSA) is 113 Å². The van der Waals surface area contributed by atoms with Crippen molar-refractivity contribution in [3.05, 3.63) is 66.0 Å². The van der Waals surface area contributed by atoms with Gasteiger partial charge in [-0.1, -0.05) is 31.2 Å². The first kappa shape index (κ1) is 22.4. The number of benzene rings is 2. The van der Waals surface area contributed by atoms with Crippen LogP contribution in [0.4, 0.5) is 5.82 Å². The molecule has 33 heavy (non-hydrogen) atoms. The van der Waals surface area contributed by atoms with Gasteiger partial charge < -0.3 is 15.7 Å². The molecule has 1 saturated heterocycles. The molecule has 0 spiro atoms. The fourth-order valence-electron chi connectivity index (χ4n) is 4.12. The molecule has 1 amide bonds. The number of fused-ring (bicyclic) bond motifs is 1. The van der Waals surface area contributed by atoms with Gasteiger partial charge in [0.2, 0.25) is 5.91 Å². The van der Waals surface area contributed by atoms with E-state index >= 15 is 0 Å². The predicted molar refractivity (Wildman–Crippen MR) is 127 cm³/mol. The van der Waals surface area contributed by atoms with Crippen LogP contribution in [-0.2, 0) is 16.1 Å². The summed E-state index contributed by atoms with van der Waals surface area (Å²) in [7, 11) is 0. The summed E-state index contributed by atoms with van der Waals surface area (Å²) in [6.45, 7) is 3.83. The highest BCUT2D eigenvalue weighted by Crippen LogP contribution is 2.20. The van der Waals surface area contributed by atoms with Crippen LogP contribution in [0, 0.1) is 0 Å². The van der Waals surface area contributed by atoms with Crippen molar-refractivity contribution >= 4 is 34.5 Å². The fourth-order valence-corrected chi connectivity index (χ4v) is 4.12. The van der Waals surface area contributed by atoms with Gasteiger partial charge in [-0.2, -0.15) is 0 Å². The van der Waals surface area contributed by atoms with Crippen molar-refractivity contribution in [1.29, 1.82) is 0 Å². The number of nitrogens with two attached hydrogens (primary N) is 1. The molecule has 1 atom stereocenters. The Hall–Kier alpha value is -3.78. The number of hydrogen-bond acceptors (Lipinski definition) is 7. The molecule has 1 aromatic heterocycles. The maximum atomic E-state index is 12.9. The lowest BCUT2D eigenvalue weighted by molar-refractivity contribution is -0.139. The van der Waals surface area contributed by atoms with Crippen LogP contribution >= 0.6 is 0 Å². The van der Waals surface area contributed by atoms with Gasteiger partial charge in [-0.05, 0) is 47.9 Å². The first-order valence-corrected chi connectivity index (χ1v) is 11.0. The van der Waals surface area contributed by atoms with Crippen molar-refractivity contribution in [2.75, 3.05) is 25.4 Å². The van der Waals surface area contributed by atoms with Gasteiger partial charge >= 0.3 is 0 Å². The van der Waals surface area contributed by atoms with E-state index in [0.717, 1.165) is 22.0 Å². The highest BCUT2D eigenvalue weighted by atomic mass is 16.3. The highest BCUT2D eigenvalue weighted by Gasteiger charge is 2.30. The Morgan fingerprint density at radius 1 is 1.18 bits per heavy atom. The SMILES string of the molecule is CC[C@@H](C(=O)/C=C/c1ccc(O)cc1)N1CCN(Cc2ccc3c(N)ncnc3c2)C(=O)C1. The maximum absolute atomic E-state index is 12.9. The minimum absolute atomic E-state index is 0.00249. The number of anilines is 1. The molecule has 8 heteroatoms. The quantitative estimate of drug-likeness (QED) is 0.538. The Kier molecular flexibility index (Phi) is 6.65. The summed E-state index contributed by atoms with van der Waals surface area (Å²) in [6.07, 6.45) is 5.35. The van der Waals surface area contributed by atoms with E-state index in [-0.39, 0.29) is 30.0 Å². The smallest absolute Gasteiger partial charge is 0.237 e. The summed E-state index contributed by atoms with van der Waals surface area (Å²) in [6, 6.07) is 12.1. The van der Waals surface area contributed by atoms with Crippen molar-refractivity contribution in [2.24, 2.45) is 0 Å². The molecule has 0 aliphatic carbocycles. The average molecular weight is 446 g/mol. The molecule has 170 valence electrons. The minimum atomic E-state index is -0.343. The zero-order valence-electron chi connectivity index (χ0n) is 18.5. The van der Waals surface area contributed by atoms with Crippen molar-refractivity contribution in [3.8, 4) is 5.75 Å². The number of piperazine rings is 1. The number of rotatable bonds is 7. The Labute approximate surface area is 192 Å². The van der Waals surface area contributed by atoms with Crippen LogP contribution in [0.3, 0.4) is 0 Å². The average Bonchev–Trinajstić information content (AvgIpc) is 2.81. The number of carbonyl (C=O) groups excluding carboxylic acids is 2. The third-order valence-electron chi connectivity index (χ3n) is 5.94. The number of hydrogen-bond donors (Lipinski definition) is 2. The molecule has 1 fully saturated rings. The molecular weight excluding hydrogens is 418 g/mol. The number of carbonyl (C=O) groups is 2. The zero-order chi connectivity index (χ0) is 23.4. The third kappa shape index (κ3) is 5.18. The Morgan fingerprint density at radius 2 is 1.97 bits per heavy atom. The Bertz CT molecular complexity index is 1190. The lowest BCUT2D eigenvalue weighted by Crippen LogP contribution is -2.54. The van der Waals surface area contributed by atoms with E-state index in [0.29, 0.717) is 31.9 Å². The normalized spacial score (nSPS) is 15.9. The van der Waals surface area contributed by atoms with Crippen molar-refractivity contribution in [3.63, 3.8) is 0 Å². The van der Waals surface area contributed by atoms with Crippen LogP contribution < -0.4 is 5.73 Å². The maximum Gasteiger partial charge on any atom is 0.237 e. The van der Waals surface area contributed by atoms with Gasteiger partial charge in [-0.15, -0.1) is 0 Å². The molecule has 2 aromatic carbocycles. The van der Waals surface area contributed by atoms with Gasteiger partial charge in [0.15, 0.2) is 5.78 Å². The van der Waals surface area contributed by atoms with E-state index in [1.165, 1.54) is 6.33 Å². The molecule has 1 aliphatic heterocycles. The first-order valence-electron chi connectivity index (χ1n) is 11.0. The molecule has 1 aliphatic rings. The molecular formula is C25H27N5O3. The van der Waals surface area contributed by atoms with E-state index in [9.17, 15) is 14.7 Å². The first-order chi connectivity index (χ1) is 15.9. The summed E-state index contributed by atoms with van der Waals surface area (Å²) in [5, 5.41) is 10.2. The van der Waals surface area contributed by atoms with E-state index in [2.05, 4.69) is 9.97 Å². The number of aromatic hydroxyl groups is 1. The molecule has 4 rings (SSSR count). The molecule has 3 aromatic rings. The molecule has 0 radical (unpaired) electrons. The molecule has 0 bridgehead atoms. The lowest BCUT2D eigenvalue weighted by atomic mass is 10.0. The monoisotopic (exact) mass is 445 g/mol. The van der Waals surface area contributed by atoms with E-state index in [1.807, 2.05) is 34.9 Å². The van der Waals surface area contributed by atoms with Crippen molar-refractivity contribution in [2.45, 2.75) is 25.9 Å². The van der Waals surface area contributed by atoms with Crippen LogP contribution in [0.5, 0.6) is 5.75 Å². The number of nitrogen functional groups attached to an aromatic ring is 1. The van der Waals surface area contributed by atoms with Crippen molar-refractivity contribution < 1.29 is 14.7 Å². The van der Waals surface area contributed by atoms with Gasteiger partial charge in [0.25, 0.3) is 0 Å². The van der Waals surface area contributed by atoms with Gasteiger partial charge in [-0.3, -0.25) is 14.5 Å². The Balaban J connectivity index is 1.38. The molecule has 2 heterocycles. The van der Waals surface area contributed by atoms with Crippen LogP contribution in [0.1, 0.15) is 24.5 Å².